The molecule has 128 valence electrons. The summed E-state index contributed by atoms with van der Waals surface area (Å²) in [6.07, 6.45) is 1.98. The second kappa shape index (κ2) is 8.29. The number of benzene rings is 1. The lowest BCUT2D eigenvalue weighted by Crippen LogP contribution is -2.37. The van der Waals surface area contributed by atoms with Crippen LogP contribution in [0.5, 0.6) is 5.75 Å². The van der Waals surface area contributed by atoms with Crippen molar-refractivity contribution in [1.82, 2.24) is 4.90 Å². The molecule has 0 spiro atoms. The van der Waals surface area contributed by atoms with Crippen molar-refractivity contribution in [1.29, 1.82) is 0 Å². The van der Waals surface area contributed by atoms with Crippen molar-refractivity contribution in [2.45, 2.75) is 31.3 Å². The minimum absolute atomic E-state index is 0.0443. The Morgan fingerprint density at radius 3 is 2.65 bits per heavy atom. The lowest BCUT2D eigenvalue weighted by Gasteiger charge is -2.24. The highest BCUT2D eigenvalue weighted by molar-refractivity contribution is 5.78. The fourth-order valence-corrected chi connectivity index (χ4v) is 2.75. The zero-order valence-corrected chi connectivity index (χ0v) is 13.4. The van der Waals surface area contributed by atoms with E-state index in [1.165, 1.54) is 0 Å². The number of aliphatic hydroxyl groups is 2. The van der Waals surface area contributed by atoms with Gasteiger partial charge in [-0.25, -0.2) is 0 Å². The van der Waals surface area contributed by atoms with Crippen molar-refractivity contribution in [3.05, 3.63) is 29.8 Å². The number of nitrogens with two attached hydrogens (primary N) is 1. The van der Waals surface area contributed by atoms with E-state index in [0.717, 1.165) is 11.3 Å². The Bertz CT molecular complexity index is 506. The highest BCUT2D eigenvalue weighted by Crippen LogP contribution is 2.22. The van der Waals surface area contributed by atoms with Crippen molar-refractivity contribution >= 4 is 5.91 Å². The van der Waals surface area contributed by atoms with E-state index in [1.54, 1.807) is 4.90 Å². The van der Waals surface area contributed by atoms with Gasteiger partial charge in [0.15, 0.2) is 0 Å². The third kappa shape index (κ3) is 5.20. The van der Waals surface area contributed by atoms with Gasteiger partial charge in [0.25, 0.3) is 0 Å². The summed E-state index contributed by atoms with van der Waals surface area (Å²) in [4.78, 5) is 14.2. The number of likely N-dealkylation sites (tertiary alicyclic amines) is 1. The molecule has 1 saturated heterocycles. The number of amides is 1. The van der Waals surface area contributed by atoms with Gasteiger partial charge in [0.05, 0.1) is 18.6 Å². The first kappa shape index (κ1) is 17.7. The smallest absolute Gasteiger partial charge is 0.226 e. The van der Waals surface area contributed by atoms with Gasteiger partial charge in [-0.15, -0.1) is 0 Å². The van der Waals surface area contributed by atoms with Crippen LogP contribution in [0.3, 0.4) is 0 Å². The number of aliphatic hydroxyl groups excluding tert-OH is 1. The summed E-state index contributed by atoms with van der Waals surface area (Å²) in [5.41, 5.74) is 5.27. The summed E-state index contributed by atoms with van der Waals surface area (Å²) in [7, 11) is 0. The Morgan fingerprint density at radius 1 is 1.26 bits per heavy atom. The SMILES string of the molecule is NCCOc1ccc(CC(=O)N2CCC[C@@](O)(CO)CC2)cc1. The normalized spacial score (nSPS) is 21.8. The first-order valence-corrected chi connectivity index (χ1v) is 8.09. The van der Waals surface area contributed by atoms with Crippen LogP contribution >= 0.6 is 0 Å². The van der Waals surface area contributed by atoms with Crippen molar-refractivity contribution in [3.8, 4) is 5.75 Å². The molecule has 1 amide bonds. The van der Waals surface area contributed by atoms with Crippen molar-refractivity contribution < 1.29 is 19.7 Å². The number of nitrogens with zero attached hydrogens (tertiary/aromatic N) is 1. The largest absolute Gasteiger partial charge is 0.492 e. The molecule has 6 nitrogen and oxygen atoms in total. The van der Waals surface area contributed by atoms with Gasteiger partial charge in [-0.1, -0.05) is 12.1 Å². The molecule has 23 heavy (non-hydrogen) atoms. The molecule has 0 radical (unpaired) electrons. The van der Waals surface area contributed by atoms with Gasteiger partial charge in [-0.2, -0.15) is 0 Å². The molecule has 2 rings (SSSR count). The molecule has 0 saturated carbocycles. The highest BCUT2D eigenvalue weighted by Gasteiger charge is 2.30. The summed E-state index contributed by atoms with van der Waals surface area (Å²) in [5.74, 6) is 0.789. The van der Waals surface area contributed by atoms with Gasteiger partial charge in [0.1, 0.15) is 12.4 Å². The minimum atomic E-state index is -1.04. The topological polar surface area (TPSA) is 96.0 Å². The summed E-state index contributed by atoms with van der Waals surface area (Å²) in [5, 5.41) is 19.4. The summed E-state index contributed by atoms with van der Waals surface area (Å²) >= 11 is 0. The van der Waals surface area contributed by atoms with Gasteiger partial charge < -0.3 is 25.6 Å². The van der Waals surface area contributed by atoms with Crippen LogP contribution in [0.1, 0.15) is 24.8 Å². The van der Waals surface area contributed by atoms with Crippen LogP contribution in [0, 0.1) is 0 Å². The molecule has 1 aromatic carbocycles. The number of rotatable bonds is 6. The van der Waals surface area contributed by atoms with E-state index in [1.807, 2.05) is 24.3 Å². The first-order chi connectivity index (χ1) is 11.1. The third-order valence-electron chi connectivity index (χ3n) is 4.23. The fraction of sp³-hybridized carbons (Fsp3) is 0.588. The maximum absolute atomic E-state index is 12.4. The first-order valence-electron chi connectivity index (χ1n) is 8.09. The van der Waals surface area contributed by atoms with Crippen molar-refractivity contribution in [2.24, 2.45) is 5.73 Å². The molecule has 0 bridgehead atoms. The Kier molecular flexibility index (Phi) is 6.38. The van der Waals surface area contributed by atoms with E-state index >= 15 is 0 Å². The average Bonchev–Trinajstić information content (AvgIpc) is 2.77. The predicted molar refractivity (Wildman–Crippen MR) is 87.2 cm³/mol. The van der Waals surface area contributed by atoms with E-state index in [2.05, 4.69) is 0 Å². The van der Waals surface area contributed by atoms with Crippen molar-refractivity contribution in [3.63, 3.8) is 0 Å². The molecule has 0 aromatic heterocycles. The Morgan fingerprint density at radius 2 is 2.00 bits per heavy atom. The molecule has 1 heterocycles. The second-order valence-electron chi connectivity index (χ2n) is 6.07. The van der Waals surface area contributed by atoms with E-state index < -0.39 is 5.60 Å². The third-order valence-corrected chi connectivity index (χ3v) is 4.23. The van der Waals surface area contributed by atoms with Crippen LogP contribution in [0.25, 0.3) is 0 Å². The fourth-order valence-electron chi connectivity index (χ4n) is 2.75. The Labute approximate surface area is 136 Å². The van der Waals surface area contributed by atoms with Crippen LogP contribution in [0.4, 0.5) is 0 Å². The highest BCUT2D eigenvalue weighted by atomic mass is 16.5. The quantitative estimate of drug-likeness (QED) is 0.700. The second-order valence-corrected chi connectivity index (χ2v) is 6.07. The number of ether oxygens (including phenoxy) is 1. The molecule has 6 heteroatoms. The lowest BCUT2D eigenvalue weighted by molar-refractivity contribution is -0.130. The predicted octanol–water partition coefficient (Wildman–Crippen LogP) is 0.302. The van der Waals surface area contributed by atoms with Crippen LogP contribution in [0.15, 0.2) is 24.3 Å². The number of hydrogen-bond donors (Lipinski definition) is 3. The number of carbonyl (C=O) groups is 1. The minimum Gasteiger partial charge on any atom is -0.492 e. The average molecular weight is 322 g/mol. The summed E-state index contributed by atoms with van der Waals surface area (Å²) < 4.78 is 5.41. The standard InChI is InChI=1S/C17H26N2O4/c18-8-11-23-15-4-2-14(3-5-15)12-16(21)19-9-1-6-17(22,13-20)7-10-19/h2-5,20,22H,1,6-13,18H2/t17-/m0/s1. The maximum atomic E-state index is 12.4. The Balaban J connectivity index is 1.88. The molecule has 1 fully saturated rings. The van der Waals surface area contributed by atoms with Gasteiger partial charge in [0.2, 0.25) is 5.91 Å². The molecule has 1 atom stereocenters. The monoisotopic (exact) mass is 322 g/mol. The van der Waals surface area contributed by atoms with Crippen LogP contribution in [-0.4, -0.2) is 59.5 Å². The van der Waals surface area contributed by atoms with E-state index in [0.29, 0.717) is 51.9 Å². The molecule has 0 unspecified atom stereocenters. The van der Waals surface area contributed by atoms with Gasteiger partial charge in [0, 0.05) is 19.6 Å². The van der Waals surface area contributed by atoms with Gasteiger partial charge >= 0.3 is 0 Å². The van der Waals surface area contributed by atoms with Gasteiger partial charge in [-0.05, 0) is 37.0 Å². The maximum Gasteiger partial charge on any atom is 0.226 e. The molecule has 1 aliphatic rings. The van der Waals surface area contributed by atoms with Crippen LogP contribution in [0.2, 0.25) is 0 Å². The molecule has 1 aliphatic heterocycles. The van der Waals surface area contributed by atoms with E-state index in [-0.39, 0.29) is 12.5 Å². The molecular weight excluding hydrogens is 296 g/mol. The molecule has 1 aromatic rings. The molecular formula is C17H26N2O4. The lowest BCUT2D eigenvalue weighted by atomic mass is 9.96. The Hall–Kier alpha value is -1.63. The number of hydrogen-bond acceptors (Lipinski definition) is 5. The zero-order chi connectivity index (χ0) is 16.7. The molecule has 0 aliphatic carbocycles. The van der Waals surface area contributed by atoms with Crippen LogP contribution in [-0.2, 0) is 11.2 Å². The van der Waals surface area contributed by atoms with Crippen LogP contribution < -0.4 is 10.5 Å². The number of carbonyl (C=O) groups excluding carboxylic acids is 1. The van der Waals surface area contributed by atoms with E-state index in [4.69, 9.17) is 10.5 Å². The summed E-state index contributed by atoms with van der Waals surface area (Å²) in [6, 6.07) is 7.44. The molecule has 4 N–H and O–H groups in total. The summed E-state index contributed by atoms with van der Waals surface area (Å²) in [6.45, 7) is 1.79. The van der Waals surface area contributed by atoms with Crippen molar-refractivity contribution in [2.75, 3.05) is 32.8 Å². The van der Waals surface area contributed by atoms with E-state index in [9.17, 15) is 15.0 Å². The van der Waals surface area contributed by atoms with Gasteiger partial charge in [-0.3, -0.25) is 4.79 Å². The zero-order valence-electron chi connectivity index (χ0n) is 13.4.